The van der Waals surface area contributed by atoms with E-state index in [9.17, 15) is 8.42 Å². The van der Waals surface area contributed by atoms with E-state index in [1.54, 1.807) is 0 Å². The number of hydrogen-bond donors (Lipinski definition) is 3. The van der Waals surface area contributed by atoms with Gasteiger partial charge in [-0.2, -0.15) is 0 Å². The molecule has 1 rings (SSSR count). The molecule has 4 N–H and O–H groups in total. The second kappa shape index (κ2) is 6.12. The number of nitrogens with zero attached hydrogens (tertiary/aromatic N) is 1. The first-order valence-electron chi connectivity index (χ1n) is 5.70. The van der Waals surface area contributed by atoms with E-state index in [1.165, 1.54) is 18.3 Å². The summed E-state index contributed by atoms with van der Waals surface area (Å²) in [5, 5.41) is 9.17. The van der Waals surface area contributed by atoms with E-state index in [0.717, 1.165) is 0 Å². The molecule has 0 aliphatic heterocycles. The quantitative estimate of drug-likeness (QED) is 0.693. The van der Waals surface area contributed by atoms with Gasteiger partial charge in [-0.1, -0.05) is 13.8 Å². The van der Waals surface area contributed by atoms with Gasteiger partial charge < -0.3 is 10.8 Å². The maximum Gasteiger partial charge on any atom is 0.242 e. The minimum atomic E-state index is -3.66. The van der Waals surface area contributed by atoms with Crippen molar-refractivity contribution in [2.75, 3.05) is 12.3 Å². The van der Waals surface area contributed by atoms with Crippen molar-refractivity contribution in [3.63, 3.8) is 0 Å². The van der Waals surface area contributed by atoms with Crippen LogP contribution >= 0.6 is 0 Å². The average molecular weight is 273 g/mol. The molecule has 1 aromatic heterocycles. The van der Waals surface area contributed by atoms with Gasteiger partial charge in [0.25, 0.3) is 0 Å². The van der Waals surface area contributed by atoms with Crippen LogP contribution in [0, 0.1) is 5.92 Å². The summed E-state index contributed by atoms with van der Waals surface area (Å²) in [5.74, 6) is 0.546. The molecule has 1 unspecified atom stereocenters. The summed E-state index contributed by atoms with van der Waals surface area (Å²) in [6, 6.07) is 2.31. The summed E-state index contributed by atoms with van der Waals surface area (Å²) in [6.45, 7) is 3.68. The third-order valence-corrected chi connectivity index (χ3v) is 3.87. The van der Waals surface area contributed by atoms with Crippen LogP contribution in [-0.2, 0) is 10.0 Å². The predicted molar refractivity (Wildman–Crippen MR) is 69.3 cm³/mol. The van der Waals surface area contributed by atoms with Gasteiger partial charge >= 0.3 is 0 Å². The number of pyridine rings is 1. The number of hydrogen-bond acceptors (Lipinski definition) is 5. The van der Waals surface area contributed by atoms with Crippen LogP contribution in [0.5, 0.6) is 0 Å². The van der Waals surface area contributed by atoms with Crippen LogP contribution in [-0.4, -0.2) is 31.2 Å². The van der Waals surface area contributed by atoms with Gasteiger partial charge in [0, 0.05) is 12.2 Å². The maximum atomic E-state index is 12.0. The van der Waals surface area contributed by atoms with Crippen LogP contribution in [0.15, 0.2) is 23.2 Å². The fourth-order valence-corrected chi connectivity index (χ4v) is 2.75. The van der Waals surface area contributed by atoms with E-state index in [1.807, 2.05) is 13.8 Å². The van der Waals surface area contributed by atoms with Crippen LogP contribution in [0.4, 0.5) is 5.82 Å². The van der Waals surface area contributed by atoms with Gasteiger partial charge in [0.15, 0.2) is 0 Å². The number of aromatic nitrogens is 1. The average Bonchev–Trinajstić information content (AvgIpc) is 2.27. The highest BCUT2D eigenvalue weighted by atomic mass is 32.2. The zero-order valence-corrected chi connectivity index (χ0v) is 11.3. The number of aliphatic hydroxyl groups excluding tert-OH is 1. The van der Waals surface area contributed by atoms with Gasteiger partial charge in [-0.3, -0.25) is 0 Å². The highest BCUT2D eigenvalue weighted by Crippen LogP contribution is 2.12. The fourth-order valence-electron chi connectivity index (χ4n) is 1.57. The number of nitrogens with two attached hydrogens (primary N) is 1. The molecule has 0 saturated carbocycles. The standard InChI is InChI=1S/C11H19N3O3S/c1-8(2)5-9(7-15)14-18(16,17)10-3-4-11(12)13-6-10/h3-4,6,8-9,14-15H,5,7H2,1-2H3,(H2,12,13). The van der Waals surface area contributed by atoms with Gasteiger partial charge in [0.1, 0.15) is 10.7 Å². The lowest BCUT2D eigenvalue weighted by atomic mass is 10.1. The minimum absolute atomic E-state index is 0.0407. The van der Waals surface area contributed by atoms with E-state index < -0.39 is 16.1 Å². The van der Waals surface area contributed by atoms with Crippen molar-refractivity contribution in [2.45, 2.75) is 31.2 Å². The molecule has 1 atom stereocenters. The first-order valence-corrected chi connectivity index (χ1v) is 7.18. The lowest BCUT2D eigenvalue weighted by Crippen LogP contribution is -2.38. The molecule has 0 saturated heterocycles. The molecule has 6 nitrogen and oxygen atoms in total. The summed E-state index contributed by atoms with van der Waals surface area (Å²) in [4.78, 5) is 3.78. The molecule has 0 bridgehead atoms. The van der Waals surface area contributed by atoms with E-state index in [4.69, 9.17) is 10.8 Å². The van der Waals surface area contributed by atoms with E-state index >= 15 is 0 Å². The third-order valence-electron chi connectivity index (χ3n) is 2.37. The molecule has 18 heavy (non-hydrogen) atoms. The van der Waals surface area contributed by atoms with Crippen LogP contribution in [0.25, 0.3) is 0 Å². The monoisotopic (exact) mass is 273 g/mol. The molecule has 0 radical (unpaired) electrons. The molecule has 0 aliphatic rings. The molecule has 1 aromatic rings. The Labute approximate surface area is 107 Å². The van der Waals surface area contributed by atoms with Gasteiger partial charge in [-0.25, -0.2) is 18.1 Å². The molecular formula is C11H19N3O3S. The Morgan fingerprint density at radius 3 is 2.56 bits per heavy atom. The lowest BCUT2D eigenvalue weighted by Gasteiger charge is -2.18. The van der Waals surface area contributed by atoms with Gasteiger partial charge in [-0.15, -0.1) is 0 Å². The normalized spacial score (nSPS) is 13.8. The fraction of sp³-hybridized carbons (Fsp3) is 0.545. The molecule has 102 valence electrons. The Balaban J connectivity index is 2.83. The number of sulfonamides is 1. The van der Waals surface area contributed by atoms with Crippen molar-refractivity contribution in [3.05, 3.63) is 18.3 Å². The Morgan fingerprint density at radius 1 is 1.44 bits per heavy atom. The van der Waals surface area contributed by atoms with Crippen molar-refractivity contribution >= 4 is 15.8 Å². The van der Waals surface area contributed by atoms with Crippen molar-refractivity contribution in [1.29, 1.82) is 0 Å². The first kappa shape index (κ1) is 14.9. The lowest BCUT2D eigenvalue weighted by molar-refractivity contribution is 0.240. The number of aliphatic hydroxyl groups is 1. The molecule has 1 heterocycles. The number of anilines is 1. The van der Waals surface area contributed by atoms with Crippen molar-refractivity contribution in [1.82, 2.24) is 9.71 Å². The predicted octanol–water partition coefficient (Wildman–Crippen LogP) is 0.349. The third kappa shape index (κ3) is 4.25. The summed E-state index contributed by atoms with van der Waals surface area (Å²) >= 11 is 0. The Kier molecular flexibility index (Phi) is 5.06. The molecule has 0 spiro atoms. The topological polar surface area (TPSA) is 105 Å². The first-order chi connectivity index (χ1) is 8.35. The summed E-state index contributed by atoms with van der Waals surface area (Å²) in [6.07, 6.45) is 1.76. The molecule has 0 amide bonds. The molecule has 0 aliphatic carbocycles. The Hall–Kier alpha value is -1.18. The second-order valence-corrected chi connectivity index (χ2v) is 6.26. The summed E-state index contributed by atoms with van der Waals surface area (Å²) < 4.78 is 26.4. The smallest absolute Gasteiger partial charge is 0.242 e. The molecule has 7 heteroatoms. The maximum absolute atomic E-state index is 12.0. The van der Waals surface area contributed by atoms with Crippen LogP contribution in [0.3, 0.4) is 0 Å². The highest BCUT2D eigenvalue weighted by molar-refractivity contribution is 7.89. The largest absolute Gasteiger partial charge is 0.395 e. The van der Waals surface area contributed by atoms with Gasteiger partial charge in [-0.05, 0) is 24.5 Å². The van der Waals surface area contributed by atoms with Crippen LogP contribution in [0.2, 0.25) is 0 Å². The van der Waals surface area contributed by atoms with Gasteiger partial charge in [0.05, 0.1) is 6.61 Å². The van der Waals surface area contributed by atoms with Crippen LogP contribution in [0.1, 0.15) is 20.3 Å². The molecular weight excluding hydrogens is 254 g/mol. The van der Waals surface area contributed by atoms with E-state index in [-0.39, 0.29) is 23.2 Å². The molecule has 0 fully saturated rings. The highest BCUT2D eigenvalue weighted by Gasteiger charge is 2.20. The summed E-state index contributed by atoms with van der Waals surface area (Å²) in [7, 11) is -3.66. The van der Waals surface area contributed by atoms with E-state index in [2.05, 4.69) is 9.71 Å². The van der Waals surface area contributed by atoms with Crippen molar-refractivity contribution in [2.24, 2.45) is 5.92 Å². The Bertz CT molecular complexity index is 471. The second-order valence-electron chi connectivity index (χ2n) is 4.55. The van der Waals surface area contributed by atoms with Gasteiger partial charge in [0.2, 0.25) is 10.0 Å². The SMILES string of the molecule is CC(C)CC(CO)NS(=O)(=O)c1ccc(N)nc1. The number of nitrogens with one attached hydrogen (secondary N) is 1. The zero-order chi connectivity index (χ0) is 13.8. The number of rotatable bonds is 6. The molecule has 0 aromatic carbocycles. The Morgan fingerprint density at radius 2 is 2.11 bits per heavy atom. The van der Waals surface area contributed by atoms with Crippen molar-refractivity contribution in [3.8, 4) is 0 Å². The van der Waals surface area contributed by atoms with E-state index in [0.29, 0.717) is 6.42 Å². The zero-order valence-electron chi connectivity index (χ0n) is 10.5. The number of nitrogen functional groups attached to an aromatic ring is 1. The minimum Gasteiger partial charge on any atom is -0.395 e. The van der Waals surface area contributed by atoms with Crippen LogP contribution < -0.4 is 10.5 Å². The van der Waals surface area contributed by atoms with Crippen molar-refractivity contribution < 1.29 is 13.5 Å². The summed E-state index contributed by atoms with van der Waals surface area (Å²) in [5.41, 5.74) is 5.40.